The molecule has 0 aromatic heterocycles. The standard InChI is InChI=1S/C24H17F3N2O3S/c25-24(26,27)15-7-6-10-17(13-15)29-21(30)14-20(23(29)32)33-19-12-5-4-11-18(19)22(31)28-16-8-2-1-3-9-16/h1-13,20H,14H2,(H,28,31). The fraction of sp³-hybridized carbons (Fsp3) is 0.125. The van der Waals surface area contributed by atoms with E-state index < -0.39 is 28.8 Å². The third-order valence-corrected chi connectivity index (χ3v) is 6.23. The van der Waals surface area contributed by atoms with Gasteiger partial charge in [-0.1, -0.05) is 36.4 Å². The van der Waals surface area contributed by atoms with Crippen LogP contribution in [0.3, 0.4) is 0 Å². The fourth-order valence-corrected chi connectivity index (χ4v) is 4.60. The number of alkyl halides is 3. The van der Waals surface area contributed by atoms with Gasteiger partial charge in [0.1, 0.15) is 0 Å². The lowest BCUT2D eigenvalue weighted by atomic mass is 10.2. The number of halogens is 3. The van der Waals surface area contributed by atoms with Crippen molar-refractivity contribution in [3.63, 3.8) is 0 Å². The normalized spacial score (nSPS) is 16.2. The summed E-state index contributed by atoms with van der Waals surface area (Å²) in [6.07, 6.45) is -4.78. The molecule has 168 valence electrons. The van der Waals surface area contributed by atoms with Gasteiger partial charge in [-0.2, -0.15) is 13.2 Å². The van der Waals surface area contributed by atoms with E-state index in [9.17, 15) is 27.6 Å². The van der Waals surface area contributed by atoms with Crippen molar-refractivity contribution in [1.29, 1.82) is 0 Å². The van der Waals surface area contributed by atoms with E-state index in [-0.39, 0.29) is 18.0 Å². The molecule has 1 aliphatic heterocycles. The average molecular weight is 470 g/mol. The molecule has 3 aromatic carbocycles. The van der Waals surface area contributed by atoms with Gasteiger partial charge in [0.2, 0.25) is 11.8 Å². The van der Waals surface area contributed by atoms with Crippen molar-refractivity contribution in [2.75, 3.05) is 10.2 Å². The maximum atomic E-state index is 13.1. The van der Waals surface area contributed by atoms with Gasteiger partial charge in [-0.25, -0.2) is 4.90 Å². The number of para-hydroxylation sites is 1. The number of carbonyl (C=O) groups is 3. The van der Waals surface area contributed by atoms with Crippen LogP contribution in [0.4, 0.5) is 24.5 Å². The third kappa shape index (κ3) is 4.93. The number of nitrogens with one attached hydrogen (secondary N) is 1. The summed E-state index contributed by atoms with van der Waals surface area (Å²) in [5.74, 6) is -1.60. The molecule has 1 saturated heterocycles. The van der Waals surface area contributed by atoms with Crippen molar-refractivity contribution in [3.05, 3.63) is 90.0 Å². The van der Waals surface area contributed by atoms with Crippen molar-refractivity contribution >= 4 is 40.9 Å². The molecule has 1 aliphatic rings. The summed E-state index contributed by atoms with van der Waals surface area (Å²) >= 11 is 1.04. The number of hydrogen-bond donors (Lipinski definition) is 1. The Bertz CT molecular complexity index is 1210. The van der Waals surface area contributed by atoms with E-state index in [1.807, 2.05) is 6.07 Å². The molecule has 0 radical (unpaired) electrons. The Labute approximate surface area is 191 Å². The van der Waals surface area contributed by atoms with Crippen molar-refractivity contribution in [3.8, 4) is 0 Å². The molecule has 1 atom stereocenters. The molecule has 1 N–H and O–H groups in total. The summed E-state index contributed by atoms with van der Waals surface area (Å²) in [4.78, 5) is 39.5. The van der Waals surface area contributed by atoms with Gasteiger partial charge in [-0.15, -0.1) is 11.8 Å². The average Bonchev–Trinajstić information content (AvgIpc) is 3.07. The van der Waals surface area contributed by atoms with Gasteiger partial charge in [0.15, 0.2) is 0 Å². The van der Waals surface area contributed by atoms with Gasteiger partial charge in [-0.05, 0) is 42.5 Å². The first-order valence-corrected chi connectivity index (χ1v) is 10.8. The summed E-state index contributed by atoms with van der Waals surface area (Å²) in [5.41, 5.74) is -0.146. The minimum Gasteiger partial charge on any atom is -0.322 e. The topological polar surface area (TPSA) is 66.5 Å². The van der Waals surface area contributed by atoms with Gasteiger partial charge in [0.25, 0.3) is 5.91 Å². The van der Waals surface area contributed by atoms with Crippen LogP contribution >= 0.6 is 11.8 Å². The minimum atomic E-state index is -4.60. The summed E-state index contributed by atoms with van der Waals surface area (Å²) in [5, 5.41) is 1.91. The third-order valence-electron chi connectivity index (χ3n) is 4.97. The Balaban J connectivity index is 1.55. The lowest BCUT2D eigenvalue weighted by molar-refractivity contribution is -0.137. The number of hydrogen-bond acceptors (Lipinski definition) is 4. The number of imide groups is 1. The molecule has 1 heterocycles. The van der Waals surface area contributed by atoms with Gasteiger partial charge in [0.05, 0.1) is 22.1 Å². The fourth-order valence-electron chi connectivity index (χ4n) is 3.42. The lowest BCUT2D eigenvalue weighted by Crippen LogP contribution is -2.31. The van der Waals surface area contributed by atoms with Crippen LogP contribution in [0.15, 0.2) is 83.8 Å². The molecule has 1 fully saturated rings. The van der Waals surface area contributed by atoms with Crippen molar-refractivity contribution < 1.29 is 27.6 Å². The monoisotopic (exact) mass is 470 g/mol. The molecule has 3 aromatic rings. The van der Waals surface area contributed by atoms with Crippen LogP contribution in [0.1, 0.15) is 22.3 Å². The Hall–Kier alpha value is -3.59. The highest BCUT2D eigenvalue weighted by atomic mass is 32.2. The summed E-state index contributed by atoms with van der Waals surface area (Å²) < 4.78 is 39.2. The number of thioether (sulfide) groups is 1. The predicted octanol–water partition coefficient (Wildman–Crippen LogP) is 5.38. The van der Waals surface area contributed by atoms with Gasteiger partial charge in [-0.3, -0.25) is 14.4 Å². The Morgan fingerprint density at radius 2 is 1.64 bits per heavy atom. The SMILES string of the molecule is O=C(Nc1ccccc1)c1ccccc1SC1CC(=O)N(c2cccc(C(F)(F)F)c2)C1=O. The van der Waals surface area contributed by atoms with Gasteiger partial charge >= 0.3 is 6.18 Å². The first kappa shape index (κ1) is 22.6. The predicted molar refractivity (Wildman–Crippen MR) is 119 cm³/mol. The zero-order valence-corrected chi connectivity index (χ0v) is 17.8. The zero-order valence-electron chi connectivity index (χ0n) is 17.0. The molecular formula is C24H17F3N2O3S. The molecule has 1 unspecified atom stereocenters. The van der Waals surface area contributed by atoms with E-state index in [0.29, 0.717) is 16.1 Å². The minimum absolute atomic E-state index is 0.127. The Morgan fingerprint density at radius 3 is 2.36 bits per heavy atom. The van der Waals surface area contributed by atoms with E-state index in [4.69, 9.17) is 0 Å². The van der Waals surface area contributed by atoms with Crippen molar-refractivity contribution in [2.45, 2.75) is 22.7 Å². The molecule has 5 nitrogen and oxygen atoms in total. The molecule has 33 heavy (non-hydrogen) atoms. The second kappa shape index (κ2) is 9.11. The number of anilines is 2. The van der Waals surface area contributed by atoms with Crippen LogP contribution in [-0.2, 0) is 15.8 Å². The van der Waals surface area contributed by atoms with Crippen molar-refractivity contribution in [1.82, 2.24) is 0 Å². The summed E-state index contributed by atoms with van der Waals surface area (Å²) in [6.45, 7) is 0. The second-order valence-corrected chi connectivity index (χ2v) is 8.49. The van der Waals surface area contributed by atoms with E-state index in [1.165, 1.54) is 6.07 Å². The maximum Gasteiger partial charge on any atom is 0.416 e. The highest BCUT2D eigenvalue weighted by molar-refractivity contribution is 8.00. The van der Waals surface area contributed by atoms with E-state index >= 15 is 0 Å². The van der Waals surface area contributed by atoms with Gasteiger partial charge < -0.3 is 5.32 Å². The molecule has 0 saturated carbocycles. The molecule has 0 bridgehead atoms. The van der Waals surface area contributed by atoms with Crippen LogP contribution < -0.4 is 10.2 Å². The van der Waals surface area contributed by atoms with E-state index in [2.05, 4.69) is 5.32 Å². The van der Waals surface area contributed by atoms with E-state index in [0.717, 1.165) is 34.9 Å². The number of benzene rings is 3. The summed E-state index contributed by atoms with van der Waals surface area (Å²) in [6, 6.07) is 19.6. The molecule has 0 aliphatic carbocycles. The molecule has 3 amide bonds. The first-order chi connectivity index (χ1) is 15.7. The number of rotatable bonds is 5. The van der Waals surface area contributed by atoms with Crippen molar-refractivity contribution in [2.24, 2.45) is 0 Å². The van der Waals surface area contributed by atoms with Crippen LogP contribution in [0.2, 0.25) is 0 Å². The molecule has 0 spiro atoms. The number of amides is 3. The van der Waals surface area contributed by atoms with E-state index in [1.54, 1.807) is 48.5 Å². The van der Waals surface area contributed by atoms with Crippen LogP contribution in [0.25, 0.3) is 0 Å². The number of carbonyl (C=O) groups excluding carboxylic acids is 3. The van der Waals surface area contributed by atoms with Crippen LogP contribution in [0, 0.1) is 0 Å². The molecule has 4 rings (SSSR count). The zero-order chi connectivity index (χ0) is 23.6. The van der Waals surface area contributed by atoms with Crippen LogP contribution in [-0.4, -0.2) is 23.0 Å². The largest absolute Gasteiger partial charge is 0.416 e. The highest BCUT2D eigenvalue weighted by Gasteiger charge is 2.41. The van der Waals surface area contributed by atoms with Gasteiger partial charge in [0, 0.05) is 17.0 Å². The first-order valence-electron chi connectivity index (χ1n) is 9.90. The summed E-state index contributed by atoms with van der Waals surface area (Å²) in [7, 11) is 0. The number of nitrogens with zero attached hydrogens (tertiary/aromatic N) is 1. The maximum absolute atomic E-state index is 13.1. The Kier molecular flexibility index (Phi) is 6.24. The smallest absolute Gasteiger partial charge is 0.322 e. The highest BCUT2D eigenvalue weighted by Crippen LogP contribution is 2.37. The van der Waals surface area contributed by atoms with Crippen LogP contribution in [0.5, 0.6) is 0 Å². The second-order valence-electron chi connectivity index (χ2n) is 7.24. The molecular weight excluding hydrogens is 453 g/mol. The molecule has 9 heteroatoms. The quantitative estimate of drug-likeness (QED) is 0.509. The Morgan fingerprint density at radius 1 is 0.939 bits per heavy atom. The lowest BCUT2D eigenvalue weighted by Gasteiger charge is -2.17.